The highest BCUT2D eigenvalue weighted by atomic mass is 35.5. The van der Waals surface area contributed by atoms with Crippen molar-refractivity contribution in [2.45, 2.75) is 50.9 Å². The quantitative estimate of drug-likeness (QED) is 0.845. The van der Waals surface area contributed by atoms with Crippen LogP contribution in [0.2, 0.25) is 5.02 Å². The van der Waals surface area contributed by atoms with Gasteiger partial charge in [0, 0.05) is 23.4 Å². The van der Waals surface area contributed by atoms with Crippen molar-refractivity contribution in [1.29, 1.82) is 0 Å². The van der Waals surface area contributed by atoms with Gasteiger partial charge in [-0.3, -0.25) is 4.79 Å². The van der Waals surface area contributed by atoms with Crippen LogP contribution < -0.4 is 5.32 Å². The SMILES string of the molecule is Cc1cc(Cl)cc(C)c1C1=CC2(CCC3(CC2)OCCO3)NC1=O. The van der Waals surface area contributed by atoms with Gasteiger partial charge in [0.25, 0.3) is 5.91 Å². The zero-order valence-corrected chi connectivity index (χ0v) is 14.8. The Morgan fingerprint density at radius 2 is 1.62 bits per heavy atom. The minimum atomic E-state index is -0.418. The van der Waals surface area contributed by atoms with Crippen LogP contribution in [0.4, 0.5) is 0 Å². The molecular formula is C19H22ClNO3. The van der Waals surface area contributed by atoms with Gasteiger partial charge in [-0.1, -0.05) is 11.6 Å². The van der Waals surface area contributed by atoms with Gasteiger partial charge in [-0.05, 0) is 61.6 Å². The summed E-state index contributed by atoms with van der Waals surface area (Å²) in [5.41, 5.74) is 3.57. The summed E-state index contributed by atoms with van der Waals surface area (Å²) in [6.45, 7) is 5.35. The van der Waals surface area contributed by atoms with E-state index >= 15 is 0 Å². The molecule has 1 saturated carbocycles. The second kappa shape index (κ2) is 5.58. The zero-order chi connectivity index (χ0) is 16.9. The van der Waals surface area contributed by atoms with E-state index in [-0.39, 0.29) is 11.4 Å². The van der Waals surface area contributed by atoms with Crippen LogP contribution in [0, 0.1) is 13.8 Å². The van der Waals surface area contributed by atoms with Crippen LogP contribution in [0.25, 0.3) is 5.57 Å². The molecule has 1 aromatic rings. The number of hydrogen-bond donors (Lipinski definition) is 1. The van der Waals surface area contributed by atoms with Crippen LogP contribution in [0.5, 0.6) is 0 Å². The lowest BCUT2D eigenvalue weighted by molar-refractivity contribution is -0.183. The summed E-state index contributed by atoms with van der Waals surface area (Å²) in [6.07, 6.45) is 5.44. The van der Waals surface area contributed by atoms with E-state index in [1.54, 1.807) is 0 Å². The molecule has 4 rings (SSSR count). The third kappa shape index (κ3) is 2.57. The molecule has 2 fully saturated rings. The third-order valence-corrected chi connectivity index (χ3v) is 5.73. The van der Waals surface area contributed by atoms with E-state index in [2.05, 4.69) is 11.4 Å². The molecule has 1 N–H and O–H groups in total. The van der Waals surface area contributed by atoms with Gasteiger partial charge in [-0.15, -0.1) is 0 Å². The van der Waals surface area contributed by atoms with Crippen LogP contribution in [0.1, 0.15) is 42.4 Å². The first-order chi connectivity index (χ1) is 11.4. The molecule has 0 bridgehead atoms. The molecule has 0 unspecified atom stereocenters. The fourth-order valence-corrected chi connectivity index (χ4v) is 4.65. The van der Waals surface area contributed by atoms with Crippen molar-refractivity contribution >= 4 is 23.1 Å². The van der Waals surface area contributed by atoms with E-state index in [9.17, 15) is 4.79 Å². The van der Waals surface area contributed by atoms with Gasteiger partial charge in [0.05, 0.1) is 18.8 Å². The summed E-state index contributed by atoms with van der Waals surface area (Å²) in [7, 11) is 0. The predicted molar refractivity (Wildman–Crippen MR) is 92.9 cm³/mol. The van der Waals surface area contributed by atoms with Gasteiger partial charge in [-0.2, -0.15) is 0 Å². The number of hydrogen-bond acceptors (Lipinski definition) is 3. The van der Waals surface area contributed by atoms with Gasteiger partial charge in [-0.25, -0.2) is 0 Å². The summed E-state index contributed by atoms with van der Waals surface area (Å²) in [5, 5.41) is 3.92. The molecule has 1 amide bonds. The summed E-state index contributed by atoms with van der Waals surface area (Å²) in [5.74, 6) is -0.411. The van der Waals surface area contributed by atoms with E-state index in [1.165, 1.54) is 0 Å². The van der Waals surface area contributed by atoms with Crippen LogP contribution in [0.3, 0.4) is 0 Å². The average Bonchev–Trinajstić information content (AvgIpc) is 3.08. The summed E-state index contributed by atoms with van der Waals surface area (Å²) in [6, 6.07) is 3.83. The normalized spacial score (nSPS) is 24.5. The van der Waals surface area contributed by atoms with Crippen molar-refractivity contribution in [2.75, 3.05) is 13.2 Å². The maximum Gasteiger partial charge on any atom is 0.252 e. The van der Waals surface area contributed by atoms with Crippen molar-refractivity contribution in [3.05, 3.63) is 39.9 Å². The predicted octanol–water partition coefficient (Wildman–Crippen LogP) is 3.53. The molecule has 1 saturated heterocycles. The number of aryl methyl sites for hydroxylation is 2. The molecule has 0 atom stereocenters. The van der Waals surface area contributed by atoms with Crippen LogP contribution in [-0.4, -0.2) is 30.4 Å². The van der Waals surface area contributed by atoms with Crippen molar-refractivity contribution in [2.24, 2.45) is 0 Å². The third-order valence-electron chi connectivity index (χ3n) is 5.51. The number of benzene rings is 1. The number of carbonyl (C=O) groups is 1. The van der Waals surface area contributed by atoms with Crippen LogP contribution in [0.15, 0.2) is 18.2 Å². The summed E-state index contributed by atoms with van der Waals surface area (Å²) >= 11 is 6.13. The lowest BCUT2D eigenvalue weighted by atomic mass is 9.78. The maximum atomic E-state index is 12.7. The molecule has 0 radical (unpaired) electrons. The molecule has 0 aromatic heterocycles. The Morgan fingerprint density at radius 3 is 2.21 bits per heavy atom. The molecule has 5 heteroatoms. The number of nitrogens with one attached hydrogen (secondary N) is 1. The highest BCUT2D eigenvalue weighted by molar-refractivity contribution is 6.31. The van der Waals surface area contributed by atoms with Gasteiger partial charge < -0.3 is 14.8 Å². The molecule has 1 aromatic carbocycles. The number of ether oxygens (including phenoxy) is 2. The second-order valence-electron chi connectivity index (χ2n) is 7.19. The number of amides is 1. The monoisotopic (exact) mass is 347 g/mol. The first kappa shape index (κ1) is 16.1. The highest BCUT2D eigenvalue weighted by Crippen LogP contribution is 2.44. The Bertz CT molecular complexity index is 701. The van der Waals surface area contributed by atoms with Crippen molar-refractivity contribution in [1.82, 2.24) is 5.32 Å². The van der Waals surface area contributed by atoms with E-state index < -0.39 is 5.79 Å². The van der Waals surface area contributed by atoms with E-state index in [0.717, 1.165) is 47.9 Å². The molecule has 2 heterocycles. The smallest absolute Gasteiger partial charge is 0.252 e. The molecule has 24 heavy (non-hydrogen) atoms. The van der Waals surface area contributed by atoms with Crippen molar-refractivity contribution in [3.63, 3.8) is 0 Å². The van der Waals surface area contributed by atoms with Gasteiger partial charge in [0.15, 0.2) is 5.79 Å². The molecule has 2 aliphatic heterocycles. The van der Waals surface area contributed by atoms with Crippen LogP contribution in [-0.2, 0) is 14.3 Å². The van der Waals surface area contributed by atoms with E-state index in [1.807, 2.05) is 26.0 Å². The fourth-order valence-electron chi connectivity index (χ4n) is 4.32. The number of carbonyl (C=O) groups excluding carboxylic acids is 1. The Balaban J connectivity index is 1.64. The lowest BCUT2D eigenvalue weighted by Crippen LogP contribution is -2.49. The molecular weight excluding hydrogens is 326 g/mol. The first-order valence-corrected chi connectivity index (χ1v) is 8.90. The average molecular weight is 348 g/mol. The fraction of sp³-hybridized carbons (Fsp3) is 0.526. The van der Waals surface area contributed by atoms with Gasteiger partial charge in [0.1, 0.15) is 0 Å². The molecule has 3 aliphatic rings. The molecule has 2 spiro atoms. The summed E-state index contributed by atoms with van der Waals surface area (Å²) in [4.78, 5) is 12.7. The second-order valence-corrected chi connectivity index (χ2v) is 7.63. The van der Waals surface area contributed by atoms with E-state index in [4.69, 9.17) is 21.1 Å². The molecule has 4 nitrogen and oxygen atoms in total. The minimum Gasteiger partial charge on any atom is -0.348 e. The van der Waals surface area contributed by atoms with Crippen molar-refractivity contribution < 1.29 is 14.3 Å². The largest absolute Gasteiger partial charge is 0.348 e. The van der Waals surface area contributed by atoms with Crippen molar-refractivity contribution in [3.8, 4) is 0 Å². The van der Waals surface area contributed by atoms with Gasteiger partial charge in [0.2, 0.25) is 0 Å². The zero-order valence-electron chi connectivity index (χ0n) is 14.1. The molecule has 1 aliphatic carbocycles. The lowest BCUT2D eigenvalue weighted by Gasteiger charge is -2.40. The Hall–Kier alpha value is -1.36. The molecule has 128 valence electrons. The van der Waals surface area contributed by atoms with E-state index in [0.29, 0.717) is 18.2 Å². The number of rotatable bonds is 1. The highest BCUT2D eigenvalue weighted by Gasteiger charge is 2.48. The first-order valence-electron chi connectivity index (χ1n) is 8.52. The Morgan fingerprint density at radius 1 is 1.04 bits per heavy atom. The Labute approximate surface area is 147 Å². The Kier molecular flexibility index (Phi) is 3.75. The maximum absolute atomic E-state index is 12.7. The van der Waals surface area contributed by atoms with Crippen LogP contribution >= 0.6 is 11.6 Å². The van der Waals surface area contributed by atoms with Gasteiger partial charge >= 0.3 is 0 Å². The standard InChI is InChI=1S/C19H22ClNO3/c1-12-9-14(20)10-13(2)16(12)15-11-18(21-17(15)22)3-5-19(6-4-18)23-7-8-24-19/h9-11H,3-8H2,1-2H3,(H,21,22). The minimum absolute atomic E-state index is 0.00716. The topological polar surface area (TPSA) is 47.6 Å². The number of halogens is 1. The summed E-state index contributed by atoms with van der Waals surface area (Å²) < 4.78 is 11.6.